The zero-order valence-electron chi connectivity index (χ0n) is 11.9. The highest BCUT2D eigenvalue weighted by molar-refractivity contribution is 5.90. The largest absolute Gasteiger partial charge is 0.458 e. The van der Waals surface area contributed by atoms with Gasteiger partial charge in [0, 0.05) is 17.9 Å². The minimum atomic E-state index is -0.225. The Labute approximate surface area is 114 Å². The lowest BCUT2D eigenvalue weighted by Gasteiger charge is -2.21. The Bertz CT molecular complexity index is 465. The minimum Gasteiger partial charge on any atom is -0.458 e. The lowest BCUT2D eigenvalue weighted by Crippen LogP contribution is -2.23. The molecule has 0 radical (unpaired) electrons. The summed E-state index contributed by atoms with van der Waals surface area (Å²) in [5.74, 6) is 0.403. The van der Waals surface area contributed by atoms with Gasteiger partial charge < -0.3 is 9.47 Å². The average molecular weight is 262 g/mol. The molecule has 3 nitrogen and oxygen atoms in total. The molecule has 2 aliphatic heterocycles. The molecule has 5 atom stereocenters. The van der Waals surface area contributed by atoms with Crippen LogP contribution < -0.4 is 0 Å². The zero-order chi connectivity index (χ0) is 13.8. The van der Waals surface area contributed by atoms with Gasteiger partial charge in [-0.05, 0) is 32.6 Å². The second-order valence-electron chi connectivity index (χ2n) is 6.63. The van der Waals surface area contributed by atoms with Crippen molar-refractivity contribution in [2.75, 3.05) is 0 Å². The van der Waals surface area contributed by atoms with Gasteiger partial charge in [-0.25, -0.2) is 4.79 Å². The average Bonchev–Trinajstić information content (AvgIpc) is 2.84. The van der Waals surface area contributed by atoms with E-state index >= 15 is 0 Å². The number of rotatable bonds is 0. The third-order valence-corrected chi connectivity index (χ3v) is 4.74. The molecular formula is C16H22O3. The van der Waals surface area contributed by atoms with Crippen LogP contribution in [0, 0.1) is 11.8 Å². The van der Waals surface area contributed by atoms with Crippen LogP contribution in [0.1, 0.15) is 40.0 Å². The van der Waals surface area contributed by atoms with E-state index in [0.29, 0.717) is 11.5 Å². The van der Waals surface area contributed by atoms with Gasteiger partial charge in [0.25, 0.3) is 0 Å². The molecule has 104 valence electrons. The van der Waals surface area contributed by atoms with Crippen LogP contribution in [0.15, 0.2) is 23.8 Å². The molecule has 0 N–H and O–H groups in total. The number of epoxide rings is 1. The highest BCUT2D eigenvalue weighted by Crippen LogP contribution is 2.48. The molecule has 2 heterocycles. The molecule has 0 aromatic carbocycles. The normalized spacial score (nSPS) is 48.7. The predicted octanol–water partition coefficient (Wildman–Crippen LogP) is 3.01. The maximum Gasteiger partial charge on any atom is 0.334 e. The molecule has 0 unspecified atom stereocenters. The number of hydrogen-bond donors (Lipinski definition) is 0. The first-order chi connectivity index (χ1) is 8.89. The number of esters is 1. The molecule has 2 fully saturated rings. The van der Waals surface area contributed by atoms with E-state index in [9.17, 15) is 4.79 Å². The van der Waals surface area contributed by atoms with Crippen LogP contribution in [0.3, 0.4) is 0 Å². The lowest BCUT2D eigenvalue weighted by molar-refractivity contribution is -0.139. The smallest absolute Gasteiger partial charge is 0.334 e. The third-order valence-electron chi connectivity index (χ3n) is 4.74. The fraction of sp³-hybridized carbons (Fsp3) is 0.688. The van der Waals surface area contributed by atoms with E-state index in [0.717, 1.165) is 19.3 Å². The van der Waals surface area contributed by atoms with Gasteiger partial charge in [-0.3, -0.25) is 0 Å². The van der Waals surface area contributed by atoms with Gasteiger partial charge in [0.2, 0.25) is 0 Å². The van der Waals surface area contributed by atoms with Crippen molar-refractivity contribution in [2.24, 2.45) is 11.8 Å². The number of allylic oxidation sites excluding steroid dienone is 1. The van der Waals surface area contributed by atoms with E-state index < -0.39 is 0 Å². The second kappa shape index (κ2) is 4.20. The molecule has 1 aliphatic carbocycles. The quantitative estimate of drug-likeness (QED) is 0.291. The lowest BCUT2D eigenvalue weighted by atomic mass is 9.82. The van der Waals surface area contributed by atoms with E-state index in [1.54, 1.807) is 0 Å². The second-order valence-corrected chi connectivity index (χ2v) is 6.63. The Morgan fingerprint density at radius 3 is 2.95 bits per heavy atom. The van der Waals surface area contributed by atoms with Gasteiger partial charge in [-0.15, -0.1) is 0 Å². The molecule has 19 heavy (non-hydrogen) atoms. The summed E-state index contributed by atoms with van der Waals surface area (Å²) in [4.78, 5) is 11.7. The molecule has 3 rings (SSSR count). The van der Waals surface area contributed by atoms with Crippen LogP contribution >= 0.6 is 0 Å². The Kier molecular flexibility index (Phi) is 2.86. The van der Waals surface area contributed by atoms with E-state index in [-0.39, 0.29) is 29.7 Å². The molecule has 0 bridgehead atoms. The Morgan fingerprint density at radius 2 is 2.21 bits per heavy atom. The predicted molar refractivity (Wildman–Crippen MR) is 72.6 cm³/mol. The molecule has 3 aliphatic rings. The fourth-order valence-electron chi connectivity index (χ4n) is 3.72. The van der Waals surface area contributed by atoms with Gasteiger partial charge in [-0.1, -0.05) is 25.2 Å². The van der Waals surface area contributed by atoms with Crippen molar-refractivity contribution < 1.29 is 14.3 Å². The van der Waals surface area contributed by atoms with Gasteiger partial charge in [-0.2, -0.15) is 0 Å². The molecule has 0 spiro atoms. The van der Waals surface area contributed by atoms with Crippen molar-refractivity contribution in [3.8, 4) is 0 Å². The number of fused-ring (bicyclic) bond motifs is 2. The van der Waals surface area contributed by atoms with Crippen molar-refractivity contribution in [3.63, 3.8) is 0 Å². The number of hydrogen-bond acceptors (Lipinski definition) is 3. The van der Waals surface area contributed by atoms with Crippen LogP contribution in [0.25, 0.3) is 0 Å². The van der Waals surface area contributed by atoms with Crippen LogP contribution in [0.2, 0.25) is 0 Å². The summed E-state index contributed by atoms with van der Waals surface area (Å²) in [6, 6.07) is 0. The summed E-state index contributed by atoms with van der Waals surface area (Å²) in [5.41, 5.74) is 1.90. The first kappa shape index (κ1) is 12.9. The summed E-state index contributed by atoms with van der Waals surface area (Å²) in [6.07, 6.45) is 5.24. The number of ether oxygens (including phenoxy) is 2. The first-order valence-electron chi connectivity index (χ1n) is 7.14. The zero-order valence-corrected chi connectivity index (χ0v) is 11.9. The summed E-state index contributed by atoms with van der Waals surface area (Å²) in [6.45, 7) is 10.4. The number of carbonyl (C=O) groups excluding carboxylic acids is 1. The Balaban J connectivity index is 1.88. The topological polar surface area (TPSA) is 38.8 Å². The maximum absolute atomic E-state index is 11.7. The first-order valence-corrected chi connectivity index (χ1v) is 7.14. The monoisotopic (exact) mass is 262 g/mol. The van der Waals surface area contributed by atoms with Crippen molar-refractivity contribution in [1.82, 2.24) is 0 Å². The van der Waals surface area contributed by atoms with E-state index in [2.05, 4.69) is 33.4 Å². The summed E-state index contributed by atoms with van der Waals surface area (Å²) in [7, 11) is 0. The summed E-state index contributed by atoms with van der Waals surface area (Å²) >= 11 is 0. The Morgan fingerprint density at radius 1 is 1.47 bits per heavy atom. The van der Waals surface area contributed by atoms with Crippen LogP contribution in [-0.4, -0.2) is 23.8 Å². The highest BCUT2D eigenvalue weighted by Gasteiger charge is 2.55. The van der Waals surface area contributed by atoms with Gasteiger partial charge in [0.1, 0.15) is 6.10 Å². The van der Waals surface area contributed by atoms with Crippen LogP contribution in [0.4, 0.5) is 0 Å². The van der Waals surface area contributed by atoms with Crippen molar-refractivity contribution in [2.45, 2.75) is 57.8 Å². The van der Waals surface area contributed by atoms with Crippen LogP contribution in [0.5, 0.6) is 0 Å². The minimum absolute atomic E-state index is 0.0238. The van der Waals surface area contributed by atoms with Crippen molar-refractivity contribution in [3.05, 3.63) is 23.8 Å². The van der Waals surface area contributed by atoms with Crippen molar-refractivity contribution in [1.29, 1.82) is 0 Å². The molecule has 0 aromatic rings. The molecule has 3 heteroatoms. The maximum atomic E-state index is 11.7. The summed E-state index contributed by atoms with van der Waals surface area (Å²) in [5, 5.41) is 0. The van der Waals surface area contributed by atoms with E-state index in [1.165, 1.54) is 5.57 Å². The van der Waals surface area contributed by atoms with Crippen molar-refractivity contribution >= 4 is 5.97 Å². The molecule has 0 aromatic heterocycles. The fourth-order valence-corrected chi connectivity index (χ4v) is 3.72. The summed E-state index contributed by atoms with van der Waals surface area (Å²) < 4.78 is 11.4. The number of carbonyl (C=O) groups is 1. The molecule has 0 saturated carbocycles. The van der Waals surface area contributed by atoms with Gasteiger partial charge >= 0.3 is 5.97 Å². The molecule has 2 saturated heterocycles. The van der Waals surface area contributed by atoms with Crippen LogP contribution in [-0.2, 0) is 14.3 Å². The molecule has 0 amide bonds. The molecular weight excluding hydrogens is 240 g/mol. The highest BCUT2D eigenvalue weighted by atomic mass is 16.6. The van der Waals surface area contributed by atoms with Gasteiger partial charge in [0.05, 0.1) is 11.7 Å². The SMILES string of the molecule is C=C1C(=O)O[C@@H]2C/C(C)=C\[C@@H](C)C[C@@]3(C)O[C@H]3C[C@H]12. The van der Waals surface area contributed by atoms with Gasteiger partial charge in [0.15, 0.2) is 0 Å². The Hall–Kier alpha value is -1.09. The van der Waals surface area contributed by atoms with E-state index in [1.807, 2.05) is 0 Å². The van der Waals surface area contributed by atoms with E-state index in [4.69, 9.17) is 9.47 Å². The standard InChI is InChI=1S/C16H22O3/c1-9-5-10(2)8-16(4)14(19-16)7-12-11(3)15(17)18-13(12)6-9/h5,10,12-14H,3,6-8H2,1-2,4H3/b9-5-/t10-,12-,13-,14+,16-/m1/s1. The third kappa shape index (κ3) is 2.25.